The van der Waals surface area contributed by atoms with E-state index in [1.54, 1.807) is 0 Å². The average molecular weight is 255 g/mol. The lowest BCUT2D eigenvalue weighted by atomic mass is 10.1. The standard InChI is InChI=1S/C17H21NO/c1-3-15-9-5-7-11-17(15)19-13-12-18-16-10-6-4-8-14(16)2/h4-11,18H,3,12-13H2,1-2H3. The van der Waals surface area contributed by atoms with Crippen molar-refractivity contribution in [1.82, 2.24) is 0 Å². The molecule has 0 saturated carbocycles. The number of hydrogen-bond donors (Lipinski definition) is 1. The molecule has 0 atom stereocenters. The zero-order valence-electron chi connectivity index (χ0n) is 11.6. The summed E-state index contributed by atoms with van der Waals surface area (Å²) in [5.41, 5.74) is 3.70. The van der Waals surface area contributed by atoms with Gasteiger partial charge in [-0.1, -0.05) is 43.3 Å². The fourth-order valence-corrected chi connectivity index (χ4v) is 2.05. The van der Waals surface area contributed by atoms with Crippen LogP contribution in [0.15, 0.2) is 48.5 Å². The predicted molar refractivity (Wildman–Crippen MR) is 81.0 cm³/mol. The van der Waals surface area contributed by atoms with Gasteiger partial charge in [0.2, 0.25) is 0 Å². The van der Waals surface area contributed by atoms with E-state index in [0.29, 0.717) is 6.61 Å². The second kappa shape index (κ2) is 6.83. The quantitative estimate of drug-likeness (QED) is 0.786. The summed E-state index contributed by atoms with van der Waals surface area (Å²) in [6, 6.07) is 16.5. The van der Waals surface area contributed by atoms with Crippen LogP contribution in [0, 0.1) is 6.92 Å². The third-order valence-electron chi connectivity index (χ3n) is 3.17. The largest absolute Gasteiger partial charge is 0.491 e. The van der Waals surface area contributed by atoms with E-state index < -0.39 is 0 Å². The summed E-state index contributed by atoms with van der Waals surface area (Å²) in [6.07, 6.45) is 1.00. The Balaban J connectivity index is 1.83. The molecule has 1 N–H and O–H groups in total. The smallest absolute Gasteiger partial charge is 0.122 e. The highest BCUT2D eigenvalue weighted by molar-refractivity contribution is 5.50. The van der Waals surface area contributed by atoms with Crippen molar-refractivity contribution in [3.05, 3.63) is 59.7 Å². The molecule has 2 aromatic rings. The molecule has 2 heteroatoms. The van der Waals surface area contributed by atoms with Gasteiger partial charge in [0.15, 0.2) is 0 Å². The van der Waals surface area contributed by atoms with Crippen LogP contribution in [-0.2, 0) is 6.42 Å². The van der Waals surface area contributed by atoms with Crippen molar-refractivity contribution in [3.8, 4) is 5.75 Å². The van der Waals surface area contributed by atoms with E-state index in [1.807, 2.05) is 18.2 Å². The first-order valence-corrected chi connectivity index (χ1v) is 6.81. The number of ether oxygens (including phenoxy) is 1. The highest BCUT2D eigenvalue weighted by Gasteiger charge is 2.00. The van der Waals surface area contributed by atoms with Gasteiger partial charge in [-0.25, -0.2) is 0 Å². The van der Waals surface area contributed by atoms with Gasteiger partial charge in [-0.3, -0.25) is 0 Å². The van der Waals surface area contributed by atoms with E-state index in [9.17, 15) is 0 Å². The average Bonchev–Trinajstić information content (AvgIpc) is 2.45. The lowest BCUT2D eigenvalue weighted by Crippen LogP contribution is -2.12. The maximum atomic E-state index is 5.83. The molecule has 0 unspecified atom stereocenters. The topological polar surface area (TPSA) is 21.3 Å². The first-order chi connectivity index (χ1) is 9.31. The molecule has 0 radical (unpaired) electrons. The minimum atomic E-state index is 0.672. The fourth-order valence-electron chi connectivity index (χ4n) is 2.05. The van der Waals surface area contributed by atoms with Crippen molar-refractivity contribution < 1.29 is 4.74 Å². The van der Waals surface area contributed by atoms with Gasteiger partial charge in [0.25, 0.3) is 0 Å². The summed E-state index contributed by atoms with van der Waals surface area (Å²) in [7, 11) is 0. The Hall–Kier alpha value is -1.96. The molecule has 100 valence electrons. The molecule has 0 aromatic heterocycles. The van der Waals surface area contributed by atoms with E-state index in [1.165, 1.54) is 16.8 Å². The number of hydrogen-bond acceptors (Lipinski definition) is 2. The van der Waals surface area contributed by atoms with Gasteiger partial charge in [-0.2, -0.15) is 0 Å². The van der Waals surface area contributed by atoms with Crippen molar-refractivity contribution in [2.45, 2.75) is 20.3 Å². The van der Waals surface area contributed by atoms with Gasteiger partial charge in [-0.05, 0) is 36.6 Å². The maximum absolute atomic E-state index is 5.83. The second-order valence-electron chi connectivity index (χ2n) is 4.55. The highest BCUT2D eigenvalue weighted by atomic mass is 16.5. The van der Waals surface area contributed by atoms with E-state index in [4.69, 9.17) is 4.74 Å². The van der Waals surface area contributed by atoms with Crippen molar-refractivity contribution >= 4 is 5.69 Å². The summed E-state index contributed by atoms with van der Waals surface area (Å²) in [4.78, 5) is 0. The van der Waals surface area contributed by atoms with Gasteiger partial charge in [0.05, 0.1) is 0 Å². The van der Waals surface area contributed by atoms with Crippen LogP contribution in [0.4, 0.5) is 5.69 Å². The fraction of sp³-hybridized carbons (Fsp3) is 0.294. The highest BCUT2D eigenvalue weighted by Crippen LogP contribution is 2.18. The molecule has 0 amide bonds. The SMILES string of the molecule is CCc1ccccc1OCCNc1ccccc1C. The van der Waals surface area contributed by atoms with Crippen LogP contribution in [0.3, 0.4) is 0 Å². The molecule has 0 fully saturated rings. The van der Waals surface area contributed by atoms with Gasteiger partial charge >= 0.3 is 0 Å². The van der Waals surface area contributed by atoms with Crippen LogP contribution in [0.1, 0.15) is 18.1 Å². The number of para-hydroxylation sites is 2. The van der Waals surface area contributed by atoms with E-state index in [2.05, 4.69) is 49.5 Å². The normalized spacial score (nSPS) is 10.2. The molecule has 2 aromatic carbocycles. The lowest BCUT2D eigenvalue weighted by molar-refractivity contribution is 0.329. The van der Waals surface area contributed by atoms with Crippen molar-refractivity contribution in [2.24, 2.45) is 0 Å². The molecule has 0 aliphatic carbocycles. The number of anilines is 1. The second-order valence-corrected chi connectivity index (χ2v) is 4.55. The van der Waals surface area contributed by atoms with Crippen LogP contribution in [0.5, 0.6) is 5.75 Å². The van der Waals surface area contributed by atoms with Gasteiger partial charge in [-0.15, -0.1) is 0 Å². The molecule has 0 saturated heterocycles. The third kappa shape index (κ3) is 3.75. The molecule has 19 heavy (non-hydrogen) atoms. The Morgan fingerprint density at radius 3 is 2.53 bits per heavy atom. The van der Waals surface area contributed by atoms with Gasteiger partial charge in [0.1, 0.15) is 12.4 Å². The van der Waals surface area contributed by atoms with Crippen molar-refractivity contribution in [3.63, 3.8) is 0 Å². The molecule has 0 aliphatic heterocycles. The van der Waals surface area contributed by atoms with E-state index in [-0.39, 0.29) is 0 Å². The Bertz CT molecular complexity index is 522. The van der Waals surface area contributed by atoms with Crippen LogP contribution in [-0.4, -0.2) is 13.2 Å². The first-order valence-electron chi connectivity index (χ1n) is 6.81. The molecule has 2 nitrogen and oxygen atoms in total. The summed E-state index contributed by atoms with van der Waals surface area (Å²) >= 11 is 0. The molecule has 2 rings (SSSR count). The van der Waals surface area contributed by atoms with Gasteiger partial charge in [0, 0.05) is 12.2 Å². The van der Waals surface area contributed by atoms with Crippen LogP contribution >= 0.6 is 0 Å². The predicted octanol–water partition coefficient (Wildman–Crippen LogP) is 4.05. The number of benzene rings is 2. The van der Waals surface area contributed by atoms with E-state index in [0.717, 1.165) is 18.7 Å². The Morgan fingerprint density at radius 1 is 1.00 bits per heavy atom. The molecule has 0 heterocycles. The van der Waals surface area contributed by atoms with E-state index >= 15 is 0 Å². The zero-order valence-corrected chi connectivity index (χ0v) is 11.6. The summed E-state index contributed by atoms with van der Waals surface area (Å²) < 4.78 is 5.83. The minimum Gasteiger partial charge on any atom is -0.491 e. The molecule has 0 aliphatic rings. The summed E-state index contributed by atoms with van der Waals surface area (Å²) in [5.74, 6) is 0.997. The Kier molecular flexibility index (Phi) is 4.85. The van der Waals surface area contributed by atoms with Crippen LogP contribution < -0.4 is 10.1 Å². The lowest BCUT2D eigenvalue weighted by Gasteiger charge is -2.12. The number of aryl methyl sites for hydroxylation is 2. The minimum absolute atomic E-state index is 0.672. The summed E-state index contributed by atoms with van der Waals surface area (Å²) in [6.45, 7) is 5.73. The number of nitrogens with one attached hydrogen (secondary N) is 1. The molecule has 0 spiro atoms. The molecular formula is C17H21NO. The maximum Gasteiger partial charge on any atom is 0.122 e. The summed E-state index contributed by atoms with van der Waals surface area (Å²) in [5, 5.41) is 3.40. The van der Waals surface area contributed by atoms with Crippen LogP contribution in [0.2, 0.25) is 0 Å². The first kappa shape index (κ1) is 13.5. The van der Waals surface area contributed by atoms with Crippen molar-refractivity contribution in [1.29, 1.82) is 0 Å². The Morgan fingerprint density at radius 2 is 1.74 bits per heavy atom. The number of rotatable bonds is 6. The van der Waals surface area contributed by atoms with Gasteiger partial charge < -0.3 is 10.1 Å². The molecule has 0 bridgehead atoms. The van der Waals surface area contributed by atoms with Crippen LogP contribution in [0.25, 0.3) is 0 Å². The van der Waals surface area contributed by atoms with Crippen molar-refractivity contribution in [2.75, 3.05) is 18.5 Å². The zero-order chi connectivity index (χ0) is 13.5. The molecular weight excluding hydrogens is 234 g/mol. The third-order valence-corrected chi connectivity index (χ3v) is 3.17. The Labute approximate surface area is 115 Å². The monoisotopic (exact) mass is 255 g/mol.